The Bertz CT molecular complexity index is 1080. The van der Waals surface area contributed by atoms with E-state index in [0.29, 0.717) is 12.1 Å². The largest absolute Gasteiger partial charge is 0.321 e. The van der Waals surface area contributed by atoms with Gasteiger partial charge in [-0.3, -0.25) is 14.6 Å². The van der Waals surface area contributed by atoms with Crippen LogP contribution >= 0.6 is 0 Å². The molecule has 28 heavy (non-hydrogen) atoms. The van der Waals surface area contributed by atoms with Gasteiger partial charge in [-0.05, 0) is 42.3 Å². The number of fused-ring (bicyclic) bond motifs is 1. The molecule has 2 aromatic carbocycles. The number of aromatic nitrogens is 1. The van der Waals surface area contributed by atoms with Crippen LogP contribution in [0.5, 0.6) is 0 Å². The molecule has 0 aliphatic carbocycles. The van der Waals surface area contributed by atoms with E-state index in [4.69, 9.17) is 0 Å². The second-order valence-corrected chi connectivity index (χ2v) is 6.35. The van der Waals surface area contributed by atoms with Crippen LogP contribution in [-0.4, -0.2) is 23.3 Å². The van der Waals surface area contributed by atoms with Crippen molar-refractivity contribution >= 4 is 23.2 Å². The summed E-state index contributed by atoms with van der Waals surface area (Å²) in [6, 6.07) is 13.6. The average Bonchev–Trinajstić information content (AvgIpc) is 3.14. The van der Waals surface area contributed by atoms with Crippen molar-refractivity contribution in [1.82, 2.24) is 4.98 Å². The first-order chi connectivity index (χ1) is 13.5. The molecule has 0 spiro atoms. The fourth-order valence-corrected chi connectivity index (χ4v) is 3.16. The van der Waals surface area contributed by atoms with Crippen LogP contribution < -0.4 is 10.2 Å². The Balaban J connectivity index is 1.55. The molecule has 1 aliphatic rings. The van der Waals surface area contributed by atoms with E-state index in [1.54, 1.807) is 4.90 Å². The standard InChI is InChI=1S/C21H15F2N3O2/c22-16-6-5-15(12-17(16)23)25-20(27)18-11-14(7-9-24-18)21(28)26-10-8-13-3-1-2-4-19(13)26/h1-7,9,11-12H,8,10H2,(H,25,27). The van der Waals surface area contributed by atoms with Crippen molar-refractivity contribution in [3.05, 3.63) is 89.2 Å². The number of nitrogens with zero attached hydrogens (tertiary/aromatic N) is 2. The van der Waals surface area contributed by atoms with Crippen LogP contribution in [0.4, 0.5) is 20.2 Å². The van der Waals surface area contributed by atoms with Gasteiger partial charge in [-0.25, -0.2) is 8.78 Å². The molecule has 1 aromatic heterocycles. The lowest BCUT2D eigenvalue weighted by atomic mass is 10.1. The number of pyridine rings is 1. The number of para-hydroxylation sites is 1. The molecular formula is C21H15F2N3O2. The molecule has 1 N–H and O–H groups in total. The molecule has 7 heteroatoms. The van der Waals surface area contributed by atoms with E-state index >= 15 is 0 Å². The molecule has 0 atom stereocenters. The summed E-state index contributed by atoms with van der Waals surface area (Å²) in [6.45, 7) is 0.566. The Morgan fingerprint density at radius 2 is 1.82 bits per heavy atom. The Kier molecular flexibility index (Phi) is 4.57. The summed E-state index contributed by atoms with van der Waals surface area (Å²) < 4.78 is 26.3. The van der Waals surface area contributed by atoms with Crippen molar-refractivity contribution in [3.63, 3.8) is 0 Å². The summed E-state index contributed by atoms with van der Waals surface area (Å²) in [5, 5.41) is 2.44. The van der Waals surface area contributed by atoms with Gasteiger partial charge in [-0.2, -0.15) is 0 Å². The monoisotopic (exact) mass is 379 g/mol. The maximum absolute atomic E-state index is 13.3. The fraction of sp³-hybridized carbons (Fsp3) is 0.0952. The molecule has 0 unspecified atom stereocenters. The highest BCUT2D eigenvalue weighted by molar-refractivity contribution is 6.09. The number of nitrogens with one attached hydrogen (secondary N) is 1. The Labute approximate surface area is 159 Å². The highest BCUT2D eigenvalue weighted by atomic mass is 19.2. The van der Waals surface area contributed by atoms with Gasteiger partial charge >= 0.3 is 0 Å². The minimum Gasteiger partial charge on any atom is -0.321 e. The number of anilines is 2. The molecular weight excluding hydrogens is 364 g/mol. The quantitative estimate of drug-likeness (QED) is 0.753. The summed E-state index contributed by atoms with van der Waals surface area (Å²) in [7, 11) is 0. The molecule has 4 rings (SSSR count). The Morgan fingerprint density at radius 3 is 2.64 bits per heavy atom. The zero-order chi connectivity index (χ0) is 19.7. The topological polar surface area (TPSA) is 62.3 Å². The molecule has 140 valence electrons. The van der Waals surface area contributed by atoms with Crippen LogP contribution in [0.3, 0.4) is 0 Å². The summed E-state index contributed by atoms with van der Waals surface area (Å²) >= 11 is 0. The molecule has 0 saturated carbocycles. The molecule has 0 fully saturated rings. The minimum atomic E-state index is -1.07. The minimum absolute atomic E-state index is 0.00284. The van der Waals surface area contributed by atoms with Crippen LogP contribution in [0.2, 0.25) is 0 Å². The van der Waals surface area contributed by atoms with Crippen molar-refractivity contribution in [2.45, 2.75) is 6.42 Å². The predicted octanol–water partition coefficient (Wildman–Crippen LogP) is 3.82. The number of hydrogen-bond donors (Lipinski definition) is 1. The number of hydrogen-bond acceptors (Lipinski definition) is 3. The van der Waals surface area contributed by atoms with Crippen LogP contribution in [0.1, 0.15) is 26.4 Å². The van der Waals surface area contributed by atoms with Crippen molar-refractivity contribution < 1.29 is 18.4 Å². The van der Waals surface area contributed by atoms with E-state index < -0.39 is 17.5 Å². The Hall–Kier alpha value is -3.61. The van der Waals surface area contributed by atoms with Gasteiger partial charge in [0.05, 0.1) is 0 Å². The lowest BCUT2D eigenvalue weighted by Gasteiger charge is -2.17. The molecule has 1 aliphatic heterocycles. The van der Waals surface area contributed by atoms with Gasteiger partial charge in [0.2, 0.25) is 0 Å². The summed E-state index contributed by atoms with van der Waals surface area (Å²) in [6.07, 6.45) is 2.14. The van der Waals surface area contributed by atoms with Crippen LogP contribution in [0, 0.1) is 11.6 Å². The van der Waals surface area contributed by atoms with E-state index in [0.717, 1.165) is 29.8 Å². The van der Waals surface area contributed by atoms with Crippen LogP contribution in [0.25, 0.3) is 0 Å². The number of carbonyl (C=O) groups is 2. The SMILES string of the molecule is O=C(Nc1ccc(F)c(F)c1)c1cc(C(=O)N2CCc3ccccc32)ccn1. The van der Waals surface area contributed by atoms with Gasteiger partial charge in [0.25, 0.3) is 11.8 Å². The van der Waals surface area contributed by atoms with E-state index in [1.165, 1.54) is 24.4 Å². The zero-order valence-corrected chi connectivity index (χ0v) is 14.7. The second kappa shape index (κ2) is 7.19. The summed E-state index contributed by atoms with van der Waals surface area (Å²) in [5.41, 5.74) is 2.37. The zero-order valence-electron chi connectivity index (χ0n) is 14.7. The average molecular weight is 379 g/mol. The predicted molar refractivity (Wildman–Crippen MR) is 100 cm³/mol. The molecule has 0 radical (unpaired) electrons. The van der Waals surface area contributed by atoms with Crippen LogP contribution in [-0.2, 0) is 6.42 Å². The first-order valence-corrected chi connectivity index (χ1v) is 8.65. The lowest BCUT2D eigenvalue weighted by Crippen LogP contribution is -2.29. The fourth-order valence-electron chi connectivity index (χ4n) is 3.16. The third kappa shape index (κ3) is 3.34. The number of rotatable bonds is 3. The Morgan fingerprint density at radius 1 is 1.00 bits per heavy atom. The van der Waals surface area contributed by atoms with Gasteiger partial charge in [0, 0.05) is 35.7 Å². The first kappa shape index (κ1) is 17.8. The summed E-state index contributed by atoms with van der Waals surface area (Å²) in [4.78, 5) is 30.9. The molecule has 2 heterocycles. The number of benzene rings is 2. The third-order valence-corrected chi connectivity index (χ3v) is 4.55. The van der Waals surface area contributed by atoms with Gasteiger partial charge in [-0.15, -0.1) is 0 Å². The molecule has 0 bridgehead atoms. The normalized spacial score (nSPS) is 12.6. The molecule has 0 saturated heterocycles. The van der Waals surface area contributed by atoms with E-state index in [9.17, 15) is 18.4 Å². The lowest BCUT2D eigenvalue weighted by molar-refractivity contribution is 0.0989. The number of carbonyl (C=O) groups excluding carboxylic acids is 2. The smallest absolute Gasteiger partial charge is 0.274 e. The first-order valence-electron chi connectivity index (χ1n) is 8.65. The highest BCUT2D eigenvalue weighted by Crippen LogP contribution is 2.28. The van der Waals surface area contributed by atoms with Gasteiger partial charge < -0.3 is 10.2 Å². The number of halogens is 2. The maximum atomic E-state index is 13.3. The van der Waals surface area contributed by atoms with Crippen molar-refractivity contribution in [2.24, 2.45) is 0 Å². The molecule has 2 amide bonds. The van der Waals surface area contributed by atoms with Gasteiger partial charge in [-0.1, -0.05) is 18.2 Å². The van der Waals surface area contributed by atoms with Crippen molar-refractivity contribution in [3.8, 4) is 0 Å². The molecule has 3 aromatic rings. The van der Waals surface area contributed by atoms with E-state index in [1.807, 2.05) is 24.3 Å². The maximum Gasteiger partial charge on any atom is 0.274 e. The van der Waals surface area contributed by atoms with E-state index in [2.05, 4.69) is 10.3 Å². The highest BCUT2D eigenvalue weighted by Gasteiger charge is 2.25. The van der Waals surface area contributed by atoms with Crippen molar-refractivity contribution in [2.75, 3.05) is 16.8 Å². The second-order valence-electron chi connectivity index (χ2n) is 6.35. The number of amides is 2. The third-order valence-electron chi connectivity index (χ3n) is 4.55. The van der Waals surface area contributed by atoms with E-state index in [-0.39, 0.29) is 17.3 Å². The molecule has 5 nitrogen and oxygen atoms in total. The van der Waals surface area contributed by atoms with Gasteiger partial charge in [0.15, 0.2) is 11.6 Å². The van der Waals surface area contributed by atoms with Crippen LogP contribution in [0.15, 0.2) is 60.8 Å². The summed E-state index contributed by atoms with van der Waals surface area (Å²) in [5.74, 6) is -2.92. The van der Waals surface area contributed by atoms with Crippen molar-refractivity contribution in [1.29, 1.82) is 0 Å². The van der Waals surface area contributed by atoms with Gasteiger partial charge in [0.1, 0.15) is 5.69 Å².